The highest BCUT2D eigenvalue weighted by Crippen LogP contribution is 2.34. The molecule has 6 nitrogen and oxygen atoms in total. The zero-order valence-electron chi connectivity index (χ0n) is 14.1. The maximum Gasteiger partial charge on any atom is 0.265 e. The molecule has 1 aliphatic rings. The number of nitrogens with one attached hydrogen (secondary N) is 1. The highest BCUT2D eigenvalue weighted by Gasteiger charge is 2.31. The maximum atomic E-state index is 12.6. The number of sulfonamides is 1. The number of nitrogens with zero attached hydrogens (tertiary/aromatic N) is 1. The van der Waals surface area contributed by atoms with Crippen LogP contribution in [0.1, 0.15) is 12.0 Å². The topological polar surface area (TPSA) is 75.7 Å². The van der Waals surface area contributed by atoms with E-state index in [4.69, 9.17) is 4.74 Å². The van der Waals surface area contributed by atoms with E-state index in [0.29, 0.717) is 17.1 Å². The van der Waals surface area contributed by atoms with Crippen LogP contribution in [-0.2, 0) is 14.8 Å². The van der Waals surface area contributed by atoms with Crippen LogP contribution in [-0.4, -0.2) is 33.2 Å². The summed E-state index contributed by atoms with van der Waals surface area (Å²) in [6.45, 7) is 2.09. The van der Waals surface area contributed by atoms with Crippen LogP contribution in [0.15, 0.2) is 48.5 Å². The number of carbonyl (C=O) groups is 1. The molecule has 25 heavy (non-hydrogen) atoms. The predicted molar refractivity (Wildman–Crippen MR) is 97.5 cm³/mol. The largest absolute Gasteiger partial charge is 0.478 e. The minimum Gasteiger partial charge on any atom is -0.478 e. The average molecular weight is 360 g/mol. The van der Waals surface area contributed by atoms with Crippen LogP contribution in [0.3, 0.4) is 0 Å². The van der Waals surface area contributed by atoms with Gasteiger partial charge in [0, 0.05) is 18.7 Å². The van der Waals surface area contributed by atoms with Crippen LogP contribution in [0.4, 0.5) is 11.4 Å². The van der Waals surface area contributed by atoms with Gasteiger partial charge in [-0.1, -0.05) is 30.3 Å². The summed E-state index contributed by atoms with van der Waals surface area (Å²) in [7, 11) is -3.46. The number of amides is 1. The van der Waals surface area contributed by atoms with Gasteiger partial charge in [0.05, 0.1) is 11.9 Å². The minimum absolute atomic E-state index is 0.182. The average Bonchev–Trinajstić information content (AvgIpc) is 2.76. The summed E-state index contributed by atoms with van der Waals surface area (Å²) in [5.41, 5.74) is 2.12. The van der Waals surface area contributed by atoms with Crippen molar-refractivity contribution < 1.29 is 17.9 Å². The highest BCUT2D eigenvalue weighted by atomic mass is 32.2. The first-order valence-electron chi connectivity index (χ1n) is 7.96. The number of anilines is 2. The third kappa shape index (κ3) is 3.76. The normalized spacial score (nSPS) is 17.2. The second-order valence-corrected chi connectivity index (χ2v) is 7.91. The van der Waals surface area contributed by atoms with E-state index in [1.165, 1.54) is 4.31 Å². The van der Waals surface area contributed by atoms with Crippen molar-refractivity contribution in [2.24, 2.45) is 0 Å². The number of carbonyl (C=O) groups excluding carboxylic acids is 1. The van der Waals surface area contributed by atoms with Crippen LogP contribution < -0.4 is 14.4 Å². The lowest BCUT2D eigenvalue weighted by Gasteiger charge is -2.20. The first-order valence-corrected chi connectivity index (χ1v) is 9.81. The molecule has 0 fully saturated rings. The number of para-hydroxylation sites is 3. The Balaban J connectivity index is 1.86. The Morgan fingerprint density at radius 1 is 1.16 bits per heavy atom. The summed E-state index contributed by atoms with van der Waals surface area (Å²) < 4.78 is 31.3. The molecule has 0 saturated heterocycles. The number of ether oxygens (including phenoxy) is 1. The Morgan fingerprint density at radius 3 is 2.56 bits per heavy atom. The highest BCUT2D eigenvalue weighted by molar-refractivity contribution is 7.92. The quantitative estimate of drug-likeness (QED) is 0.913. The van der Waals surface area contributed by atoms with Crippen molar-refractivity contribution in [1.29, 1.82) is 0 Å². The molecular formula is C18H20N2O4S. The minimum atomic E-state index is -3.46. The Labute approximate surface area is 147 Å². The molecule has 1 aliphatic heterocycles. The van der Waals surface area contributed by atoms with Gasteiger partial charge in [0.25, 0.3) is 5.91 Å². The molecule has 1 heterocycles. The molecule has 0 aliphatic carbocycles. The molecule has 0 aromatic heterocycles. The fourth-order valence-corrected chi connectivity index (χ4v) is 3.73. The zero-order valence-corrected chi connectivity index (χ0v) is 14.9. The summed E-state index contributed by atoms with van der Waals surface area (Å²) in [5.74, 6) is 0.0924. The van der Waals surface area contributed by atoms with Crippen LogP contribution in [0.5, 0.6) is 5.75 Å². The van der Waals surface area contributed by atoms with Gasteiger partial charge in [-0.25, -0.2) is 8.42 Å². The van der Waals surface area contributed by atoms with Crippen molar-refractivity contribution in [3.8, 4) is 5.75 Å². The summed E-state index contributed by atoms with van der Waals surface area (Å²) >= 11 is 0. The lowest BCUT2D eigenvalue weighted by atomic mass is 10.2. The molecule has 0 saturated carbocycles. The number of rotatable bonds is 3. The van der Waals surface area contributed by atoms with Crippen LogP contribution >= 0.6 is 0 Å². The molecule has 0 unspecified atom stereocenters. The van der Waals surface area contributed by atoms with Gasteiger partial charge in [-0.2, -0.15) is 0 Å². The molecule has 1 atom stereocenters. The van der Waals surface area contributed by atoms with Gasteiger partial charge in [0.2, 0.25) is 10.0 Å². The van der Waals surface area contributed by atoms with Crippen molar-refractivity contribution in [2.45, 2.75) is 19.4 Å². The SMILES string of the molecule is Cc1ccccc1NC(=O)[C@@H]1CCN(S(C)(=O)=O)c2ccccc2O1. The first kappa shape index (κ1) is 17.3. The molecule has 1 N–H and O–H groups in total. The molecule has 0 spiro atoms. The van der Waals surface area contributed by atoms with Crippen LogP contribution in [0, 0.1) is 6.92 Å². The molecule has 2 aromatic carbocycles. The van der Waals surface area contributed by atoms with Crippen molar-refractivity contribution in [3.63, 3.8) is 0 Å². The van der Waals surface area contributed by atoms with E-state index >= 15 is 0 Å². The molecule has 3 rings (SSSR count). The number of aryl methyl sites for hydroxylation is 1. The molecule has 0 radical (unpaired) electrons. The molecule has 0 bridgehead atoms. The monoisotopic (exact) mass is 360 g/mol. The van der Waals surface area contributed by atoms with E-state index in [0.717, 1.165) is 11.8 Å². The van der Waals surface area contributed by atoms with E-state index in [-0.39, 0.29) is 18.9 Å². The third-order valence-corrected chi connectivity index (χ3v) is 5.27. The molecule has 2 aromatic rings. The van der Waals surface area contributed by atoms with E-state index in [1.807, 2.05) is 31.2 Å². The number of fused-ring (bicyclic) bond motifs is 1. The van der Waals surface area contributed by atoms with Crippen LogP contribution in [0.25, 0.3) is 0 Å². The van der Waals surface area contributed by atoms with Crippen molar-refractivity contribution in [1.82, 2.24) is 0 Å². The molecule has 1 amide bonds. The van der Waals surface area contributed by atoms with Gasteiger partial charge in [0.15, 0.2) is 6.10 Å². The number of hydrogen-bond donors (Lipinski definition) is 1. The van der Waals surface area contributed by atoms with Crippen LogP contribution in [0.2, 0.25) is 0 Å². The smallest absolute Gasteiger partial charge is 0.265 e. The Hall–Kier alpha value is -2.54. The Bertz CT molecular complexity index is 895. The van der Waals surface area contributed by atoms with Crippen molar-refractivity contribution in [2.75, 3.05) is 22.4 Å². The van der Waals surface area contributed by atoms with Gasteiger partial charge >= 0.3 is 0 Å². The fourth-order valence-electron chi connectivity index (χ4n) is 2.79. The van der Waals surface area contributed by atoms with E-state index in [1.54, 1.807) is 24.3 Å². The second-order valence-electron chi connectivity index (χ2n) is 6.00. The van der Waals surface area contributed by atoms with Crippen molar-refractivity contribution >= 4 is 27.3 Å². The van der Waals surface area contributed by atoms with E-state index < -0.39 is 16.1 Å². The Morgan fingerprint density at radius 2 is 1.84 bits per heavy atom. The number of benzene rings is 2. The van der Waals surface area contributed by atoms with Gasteiger partial charge in [-0.05, 0) is 30.7 Å². The molecule has 132 valence electrons. The lowest BCUT2D eigenvalue weighted by molar-refractivity contribution is -0.122. The maximum absolute atomic E-state index is 12.6. The lowest BCUT2D eigenvalue weighted by Crippen LogP contribution is -2.36. The van der Waals surface area contributed by atoms with E-state index in [9.17, 15) is 13.2 Å². The van der Waals surface area contributed by atoms with E-state index in [2.05, 4.69) is 5.32 Å². The first-order chi connectivity index (χ1) is 11.9. The summed E-state index contributed by atoms with van der Waals surface area (Å²) in [6.07, 6.45) is 0.643. The predicted octanol–water partition coefficient (Wildman–Crippen LogP) is 2.55. The third-order valence-electron chi connectivity index (χ3n) is 4.09. The fraction of sp³-hybridized carbons (Fsp3) is 0.278. The van der Waals surface area contributed by atoms with Gasteiger partial charge in [-0.3, -0.25) is 9.10 Å². The van der Waals surface area contributed by atoms with Gasteiger partial charge in [0.1, 0.15) is 5.75 Å². The standard InChI is InChI=1S/C18H20N2O4S/c1-13-7-3-4-8-14(13)19-18(21)17-11-12-20(25(2,22)23)15-9-5-6-10-16(15)24-17/h3-10,17H,11-12H2,1-2H3,(H,19,21)/t17-/m0/s1. The van der Waals surface area contributed by atoms with Crippen molar-refractivity contribution in [3.05, 3.63) is 54.1 Å². The summed E-state index contributed by atoms with van der Waals surface area (Å²) in [6, 6.07) is 14.3. The van der Waals surface area contributed by atoms with Gasteiger partial charge in [-0.15, -0.1) is 0 Å². The molecular weight excluding hydrogens is 340 g/mol. The zero-order chi connectivity index (χ0) is 18.0. The Kier molecular flexibility index (Phi) is 4.67. The number of hydrogen-bond acceptors (Lipinski definition) is 4. The summed E-state index contributed by atoms with van der Waals surface area (Å²) in [5, 5.41) is 2.86. The second kappa shape index (κ2) is 6.76. The van der Waals surface area contributed by atoms with Gasteiger partial charge < -0.3 is 10.1 Å². The molecule has 7 heteroatoms. The summed E-state index contributed by atoms with van der Waals surface area (Å²) in [4.78, 5) is 12.6.